The Bertz CT molecular complexity index is 765. The summed E-state index contributed by atoms with van der Waals surface area (Å²) in [6.07, 6.45) is 5.98. The number of hydrogen-bond acceptors (Lipinski definition) is 4. The molecular formula is C16H12ClNO5. The lowest BCUT2D eigenvalue weighted by atomic mass is 9.82. The smallest absolute Gasteiger partial charge is 0.384 e. The predicted octanol–water partition coefficient (Wildman–Crippen LogP) is 3.28. The van der Waals surface area contributed by atoms with Gasteiger partial charge in [0.2, 0.25) is 0 Å². The first-order chi connectivity index (χ1) is 10.9. The van der Waals surface area contributed by atoms with Gasteiger partial charge < -0.3 is 9.84 Å². The van der Waals surface area contributed by atoms with Crippen molar-refractivity contribution in [1.29, 1.82) is 0 Å². The number of carbonyl (C=O) groups is 1. The van der Waals surface area contributed by atoms with Gasteiger partial charge in [0.1, 0.15) is 11.7 Å². The van der Waals surface area contributed by atoms with E-state index in [0.29, 0.717) is 21.9 Å². The van der Waals surface area contributed by atoms with Gasteiger partial charge in [-0.25, -0.2) is 0 Å². The van der Waals surface area contributed by atoms with Crippen molar-refractivity contribution in [2.75, 3.05) is 0 Å². The van der Waals surface area contributed by atoms with Crippen molar-refractivity contribution < 1.29 is 19.6 Å². The molecule has 1 aliphatic carbocycles. The third kappa shape index (κ3) is 2.61. The standard InChI is InChI=1S/C16H12ClNO5/c17-12-6-4-10(5-7-12)13-8-11-2-1-3-14(11)23-16(13,18(21)22)9-15(19)20/h1-8,13H,9H2,(H,19,20). The molecule has 2 aliphatic rings. The van der Waals surface area contributed by atoms with Gasteiger partial charge in [-0.05, 0) is 23.8 Å². The summed E-state index contributed by atoms with van der Waals surface area (Å²) in [5, 5.41) is 21.4. The van der Waals surface area contributed by atoms with Gasteiger partial charge in [0.25, 0.3) is 0 Å². The minimum atomic E-state index is -2.10. The van der Waals surface area contributed by atoms with E-state index >= 15 is 0 Å². The van der Waals surface area contributed by atoms with Crippen LogP contribution in [0.1, 0.15) is 17.9 Å². The number of rotatable bonds is 4. The van der Waals surface area contributed by atoms with E-state index in [4.69, 9.17) is 21.4 Å². The average Bonchev–Trinajstić information content (AvgIpc) is 2.93. The second-order valence-electron chi connectivity index (χ2n) is 5.32. The number of fused-ring (bicyclic) bond motifs is 1. The highest BCUT2D eigenvalue weighted by molar-refractivity contribution is 6.30. The maximum Gasteiger partial charge on any atom is 0.384 e. The van der Waals surface area contributed by atoms with Gasteiger partial charge in [-0.1, -0.05) is 42.0 Å². The van der Waals surface area contributed by atoms with Crippen LogP contribution in [0.5, 0.6) is 0 Å². The Morgan fingerprint density at radius 3 is 2.70 bits per heavy atom. The number of aliphatic carboxylic acids is 1. The molecule has 0 radical (unpaired) electrons. The van der Waals surface area contributed by atoms with Crippen molar-refractivity contribution in [3.63, 3.8) is 0 Å². The Hall–Kier alpha value is -2.60. The zero-order valence-corrected chi connectivity index (χ0v) is 12.6. The fourth-order valence-electron chi connectivity index (χ4n) is 2.82. The van der Waals surface area contributed by atoms with Crippen LogP contribution >= 0.6 is 11.6 Å². The summed E-state index contributed by atoms with van der Waals surface area (Å²) >= 11 is 5.86. The van der Waals surface area contributed by atoms with Crippen LogP contribution in [0.4, 0.5) is 0 Å². The Kier molecular flexibility index (Phi) is 3.69. The molecule has 6 nitrogen and oxygen atoms in total. The van der Waals surface area contributed by atoms with Crippen molar-refractivity contribution in [2.24, 2.45) is 0 Å². The number of benzene rings is 1. The molecule has 2 atom stereocenters. The molecule has 0 fully saturated rings. The number of carboxylic acid groups (broad SMARTS) is 1. The molecule has 0 saturated carbocycles. The molecule has 7 heteroatoms. The third-order valence-corrected chi connectivity index (χ3v) is 4.12. The van der Waals surface area contributed by atoms with E-state index in [1.54, 1.807) is 48.6 Å². The highest BCUT2D eigenvalue weighted by Gasteiger charge is 2.57. The van der Waals surface area contributed by atoms with Crippen molar-refractivity contribution >= 4 is 17.6 Å². The molecule has 2 unspecified atom stereocenters. The van der Waals surface area contributed by atoms with E-state index in [1.807, 2.05) is 0 Å². The maximum absolute atomic E-state index is 11.8. The van der Waals surface area contributed by atoms with Crippen LogP contribution in [0.25, 0.3) is 0 Å². The summed E-state index contributed by atoms with van der Waals surface area (Å²) in [4.78, 5) is 22.3. The summed E-state index contributed by atoms with van der Waals surface area (Å²) in [5.41, 5.74) is -0.826. The molecule has 0 spiro atoms. The number of hydrogen-bond donors (Lipinski definition) is 1. The Morgan fingerprint density at radius 2 is 2.09 bits per heavy atom. The summed E-state index contributed by atoms with van der Waals surface area (Å²) in [7, 11) is 0. The van der Waals surface area contributed by atoms with E-state index in [2.05, 4.69) is 0 Å². The zero-order valence-electron chi connectivity index (χ0n) is 11.8. The number of halogens is 1. The number of nitrogens with zero attached hydrogens (tertiary/aromatic N) is 1. The number of ether oxygens (including phenoxy) is 1. The zero-order chi connectivity index (χ0) is 16.6. The molecule has 118 valence electrons. The fourth-order valence-corrected chi connectivity index (χ4v) is 2.94. The van der Waals surface area contributed by atoms with Gasteiger partial charge in [-0.3, -0.25) is 14.9 Å². The van der Waals surface area contributed by atoms with Crippen molar-refractivity contribution in [2.45, 2.75) is 18.1 Å². The van der Waals surface area contributed by atoms with Gasteiger partial charge in [0.05, 0.1) is 4.92 Å². The van der Waals surface area contributed by atoms with Gasteiger partial charge in [0.15, 0.2) is 6.42 Å². The van der Waals surface area contributed by atoms with E-state index in [-0.39, 0.29) is 0 Å². The lowest BCUT2D eigenvalue weighted by Gasteiger charge is -2.35. The van der Waals surface area contributed by atoms with Crippen LogP contribution in [0.3, 0.4) is 0 Å². The third-order valence-electron chi connectivity index (χ3n) is 3.87. The molecule has 23 heavy (non-hydrogen) atoms. The average molecular weight is 334 g/mol. The largest absolute Gasteiger partial charge is 0.481 e. The Labute approximate surface area is 136 Å². The molecule has 1 aromatic carbocycles. The first-order valence-corrected chi connectivity index (χ1v) is 7.21. The van der Waals surface area contributed by atoms with Crippen LogP contribution in [0.15, 0.2) is 59.9 Å². The number of allylic oxidation sites excluding steroid dienone is 3. The van der Waals surface area contributed by atoms with E-state index in [1.165, 1.54) is 0 Å². The summed E-state index contributed by atoms with van der Waals surface area (Å²) in [5.74, 6) is -1.84. The van der Waals surface area contributed by atoms with Gasteiger partial charge in [0, 0.05) is 10.6 Å². The SMILES string of the molecule is O=C(O)CC1([N+](=O)[O-])OC2=CC=CC2=CC1c1ccc(Cl)cc1. The van der Waals surface area contributed by atoms with E-state index < -0.39 is 29.0 Å². The molecule has 1 heterocycles. The fraction of sp³-hybridized carbons (Fsp3) is 0.188. The summed E-state index contributed by atoms with van der Waals surface area (Å²) in [6.45, 7) is 0. The minimum absolute atomic E-state index is 0.313. The summed E-state index contributed by atoms with van der Waals surface area (Å²) < 4.78 is 5.58. The molecule has 1 aromatic rings. The van der Waals surface area contributed by atoms with Gasteiger partial charge in [-0.15, -0.1) is 0 Å². The second kappa shape index (κ2) is 5.55. The summed E-state index contributed by atoms with van der Waals surface area (Å²) in [6, 6.07) is 6.50. The topological polar surface area (TPSA) is 89.7 Å². The lowest BCUT2D eigenvalue weighted by Crippen LogP contribution is -2.49. The van der Waals surface area contributed by atoms with E-state index in [9.17, 15) is 14.9 Å². The quantitative estimate of drug-likeness (QED) is 0.674. The molecule has 0 bridgehead atoms. The van der Waals surface area contributed by atoms with Crippen LogP contribution in [0, 0.1) is 10.1 Å². The van der Waals surface area contributed by atoms with Gasteiger partial charge in [-0.2, -0.15) is 0 Å². The first-order valence-electron chi connectivity index (χ1n) is 6.84. The Balaban J connectivity index is 2.16. The molecule has 0 aromatic heterocycles. The Morgan fingerprint density at radius 1 is 1.39 bits per heavy atom. The first kappa shape index (κ1) is 15.3. The van der Waals surface area contributed by atoms with Crippen LogP contribution in [-0.2, 0) is 9.53 Å². The van der Waals surface area contributed by atoms with Crippen LogP contribution in [0.2, 0.25) is 5.02 Å². The molecule has 0 amide bonds. The van der Waals surface area contributed by atoms with E-state index in [0.717, 1.165) is 0 Å². The van der Waals surface area contributed by atoms with Crippen LogP contribution in [-0.4, -0.2) is 21.7 Å². The number of nitro groups is 1. The highest BCUT2D eigenvalue weighted by Crippen LogP contribution is 2.45. The molecule has 1 aliphatic heterocycles. The molecule has 0 saturated heterocycles. The highest BCUT2D eigenvalue weighted by atomic mass is 35.5. The van der Waals surface area contributed by atoms with Gasteiger partial charge >= 0.3 is 11.7 Å². The predicted molar refractivity (Wildman–Crippen MR) is 82.6 cm³/mol. The van der Waals surface area contributed by atoms with Crippen molar-refractivity contribution in [3.8, 4) is 0 Å². The maximum atomic E-state index is 11.8. The normalized spacial score (nSPS) is 25.2. The number of carboxylic acids is 1. The lowest BCUT2D eigenvalue weighted by molar-refractivity contribution is -0.628. The molecule has 3 rings (SSSR count). The minimum Gasteiger partial charge on any atom is -0.481 e. The molecule has 1 N–H and O–H groups in total. The van der Waals surface area contributed by atoms with Crippen molar-refractivity contribution in [3.05, 3.63) is 80.6 Å². The monoisotopic (exact) mass is 333 g/mol. The van der Waals surface area contributed by atoms with Crippen LogP contribution < -0.4 is 0 Å². The van der Waals surface area contributed by atoms with Crippen molar-refractivity contribution in [1.82, 2.24) is 0 Å². The molecular weight excluding hydrogens is 322 g/mol. The second-order valence-corrected chi connectivity index (χ2v) is 5.75.